The van der Waals surface area contributed by atoms with Crippen molar-refractivity contribution in [2.75, 3.05) is 0 Å². The van der Waals surface area contributed by atoms with Crippen molar-refractivity contribution in [3.05, 3.63) is 107 Å². The molecule has 0 bridgehead atoms. The average Bonchev–Trinajstić information content (AvgIpc) is 3.13. The van der Waals surface area contributed by atoms with Gasteiger partial charge in [-0.1, -0.05) is 48.0 Å². The second-order valence-electron chi connectivity index (χ2n) is 6.92. The van der Waals surface area contributed by atoms with Crippen LogP contribution >= 0.6 is 11.6 Å². The van der Waals surface area contributed by atoms with Gasteiger partial charge in [0, 0.05) is 40.4 Å². The molecule has 4 nitrogen and oxygen atoms in total. The summed E-state index contributed by atoms with van der Waals surface area (Å²) < 4.78 is 1.98. The minimum absolute atomic E-state index is 0.0173. The van der Waals surface area contributed by atoms with Crippen LogP contribution in [-0.4, -0.2) is 21.4 Å². The third-order valence-electron chi connectivity index (χ3n) is 4.86. The number of fused-ring (bicyclic) bond motifs is 1. The van der Waals surface area contributed by atoms with E-state index in [0.29, 0.717) is 10.6 Å². The summed E-state index contributed by atoms with van der Waals surface area (Å²) in [4.78, 5) is 24.0. The molecule has 1 aromatic heterocycles. The Labute approximate surface area is 178 Å². The molecule has 5 heteroatoms. The van der Waals surface area contributed by atoms with Crippen LogP contribution in [0.5, 0.6) is 0 Å². The molecule has 0 aliphatic heterocycles. The van der Waals surface area contributed by atoms with Crippen molar-refractivity contribution in [3.63, 3.8) is 0 Å². The summed E-state index contributed by atoms with van der Waals surface area (Å²) in [6, 6.07) is 22.6. The summed E-state index contributed by atoms with van der Waals surface area (Å²) in [5.74, 6) is -1.03. The van der Waals surface area contributed by atoms with E-state index in [0.717, 1.165) is 33.8 Å². The van der Waals surface area contributed by atoms with E-state index in [-0.39, 0.29) is 12.2 Å². The van der Waals surface area contributed by atoms with Crippen LogP contribution in [0.15, 0.2) is 85.1 Å². The van der Waals surface area contributed by atoms with Crippen LogP contribution < -0.4 is 0 Å². The average molecular weight is 416 g/mol. The van der Waals surface area contributed by atoms with Crippen LogP contribution in [0.3, 0.4) is 0 Å². The Kier molecular flexibility index (Phi) is 5.50. The summed E-state index contributed by atoms with van der Waals surface area (Å²) in [5.41, 5.74) is 4.02. The first-order valence-corrected chi connectivity index (χ1v) is 9.78. The molecular formula is C25H18ClNO3. The zero-order valence-corrected chi connectivity index (χ0v) is 16.7. The molecule has 0 radical (unpaired) electrons. The van der Waals surface area contributed by atoms with Crippen LogP contribution in [-0.2, 0) is 11.2 Å². The second kappa shape index (κ2) is 8.39. The molecule has 30 heavy (non-hydrogen) atoms. The summed E-state index contributed by atoms with van der Waals surface area (Å²) in [7, 11) is 0. The Balaban J connectivity index is 1.81. The molecule has 0 saturated carbocycles. The first kappa shape index (κ1) is 19.7. The quantitative estimate of drug-likeness (QED) is 0.319. The maximum Gasteiger partial charge on any atom is 0.328 e. The standard InChI is InChI=1S/C25H18ClNO3/c26-19-10-6-18(7-11-19)15-24(28)22-16-27(20-4-2-1-3-5-20)23-12-8-17(14-21(22)23)9-13-25(29)30/h1-14,16H,15H2,(H,29,30)/b13-9+. The van der Waals surface area contributed by atoms with Crippen LogP contribution in [0.1, 0.15) is 21.5 Å². The van der Waals surface area contributed by atoms with Crippen LogP contribution in [0, 0.1) is 0 Å². The molecule has 0 unspecified atom stereocenters. The first-order chi connectivity index (χ1) is 14.5. The van der Waals surface area contributed by atoms with E-state index < -0.39 is 5.97 Å². The van der Waals surface area contributed by atoms with Crippen molar-refractivity contribution in [2.45, 2.75) is 6.42 Å². The summed E-state index contributed by atoms with van der Waals surface area (Å²) in [5, 5.41) is 10.3. The number of hydrogen-bond donors (Lipinski definition) is 1. The highest BCUT2D eigenvalue weighted by molar-refractivity contribution is 6.30. The number of carboxylic acids is 1. The Hall–Kier alpha value is -3.63. The Morgan fingerprint density at radius 2 is 1.70 bits per heavy atom. The molecule has 1 N–H and O–H groups in total. The second-order valence-corrected chi connectivity index (χ2v) is 7.36. The molecule has 0 fully saturated rings. The smallest absolute Gasteiger partial charge is 0.328 e. The molecule has 0 atom stereocenters. The third-order valence-corrected chi connectivity index (χ3v) is 5.11. The molecular weight excluding hydrogens is 398 g/mol. The van der Waals surface area contributed by atoms with Gasteiger partial charge in [0.2, 0.25) is 0 Å². The number of benzene rings is 3. The lowest BCUT2D eigenvalue weighted by Crippen LogP contribution is -2.03. The SMILES string of the molecule is O=C(O)/C=C/c1ccc2c(c1)c(C(=O)Cc1ccc(Cl)cc1)cn2-c1ccccc1. The monoisotopic (exact) mass is 415 g/mol. The van der Waals surface area contributed by atoms with Crippen molar-refractivity contribution in [1.82, 2.24) is 4.57 Å². The van der Waals surface area contributed by atoms with Gasteiger partial charge < -0.3 is 9.67 Å². The van der Waals surface area contributed by atoms with Gasteiger partial charge in [-0.2, -0.15) is 0 Å². The molecule has 0 aliphatic carbocycles. The van der Waals surface area contributed by atoms with Crippen LogP contribution in [0.4, 0.5) is 0 Å². The Morgan fingerprint density at radius 3 is 2.40 bits per heavy atom. The number of rotatable bonds is 6. The fourth-order valence-electron chi connectivity index (χ4n) is 3.43. The van der Waals surface area contributed by atoms with Crippen LogP contribution in [0.2, 0.25) is 5.02 Å². The summed E-state index contributed by atoms with van der Waals surface area (Å²) in [6.07, 6.45) is 4.71. The first-order valence-electron chi connectivity index (χ1n) is 9.40. The molecule has 1 heterocycles. The number of Topliss-reactive ketones (excluding diaryl/α,β-unsaturated/α-hetero) is 1. The molecule has 3 aromatic carbocycles. The fraction of sp³-hybridized carbons (Fsp3) is 0.0400. The van der Waals surface area contributed by atoms with E-state index in [2.05, 4.69) is 0 Å². The highest BCUT2D eigenvalue weighted by Gasteiger charge is 2.17. The zero-order valence-electron chi connectivity index (χ0n) is 16.0. The highest BCUT2D eigenvalue weighted by Crippen LogP contribution is 2.28. The van der Waals surface area contributed by atoms with Crippen molar-refractivity contribution in [1.29, 1.82) is 0 Å². The molecule has 0 aliphatic rings. The number of aromatic nitrogens is 1. The number of halogens is 1. The van der Waals surface area contributed by atoms with Crippen LogP contribution in [0.25, 0.3) is 22.7 Å². The molecule has 0 amide bonds. The van der Waals surface area contributed by atoms with E-state index >= 15 is 0 Å². The Bertz CT molecular complexity index is 1260. The van der Waals surface area contributed by atoms with Gasteiger partial charge in [0.05, 0.1) is 5.52 Å². The van der Waals surface area contributed by atoms with Crippen molar-refractivity contribution < 1.29 is 14.7 Å². The minimum atomic E-state index is -1.02. The largest absolute Gasteiger partial charge is 0.478 e. The fourth-order valence-corrected chi connectivity index (χ4v) is 3.55. The van der Waals surface area contributed by atoms with Gasteiger partial charge in [-0.05, 0) is 53.6 Å². The number of nitrogens with zero attached hydrogens (tertiary/aromatic N) is 1. The molecule has 148 valence electrons. The minimum Gasteiger partial charge on any atom is -0.478 e. The highest BCUT2D eigenvalue weighted by atomic mass is 35.5. The number of carbonyl (C=O) groups is 2. The van der Waals surface area contributed by atoms with E-state index in [1.165, 1.54) is 6.08 Å². The van der Waals surface area contributed by atoms with Gasteiger partial charge in [0.1, 0.15) is 0 Å². The van der Waals surface area contributed by atoms with Crippen molar-refractivity contribution >= 4 is 40.3 Å². The van der Waals surface area contributed by atoms with Gasteiger partial charge in [-0.25, -0.2) is 4.79 Å². The van der Waals surface area contributed by atoms with E-state index in [4.69, 9.17) is 16.7 Å². The number of aliphatic carboxylic acids is 1. The molecule has 4 aromatic rings. The van der Waals surface area contributed by atoms with Crippen molar-refractivity contribution in [2.24, 2.45) is 0 Å². The topological polar surface area (TPSA) is 59.3 Å². The predicted molar refractivity (Wildman–Crippen MR) is 119 cm³/mol. The Morgan fingerprint density at radius 1 is 0.967 bits per heavy atom. The lowest BCUT2D eigenvalue weighted by Gasteiger charge is -2.05. The maximum atomic E-state index is 13.2. The summed E-state index contributed by atoms with van der Waals surface area (Å²) in [6.45, 7) is 0. The van der Waals surface area contributed by atoms with E-state index in [1.807, 2.05) is 71.4 Å². The number of carbonyl (C=O) groups excluding carboxylic acids is 1. The number of carboxylic acid groups (broad SMARTS) is 1. The van der Waals surface area contributed by atoms with E-state index in [9.17, 15) is 9.59 Å². The number of para-hydroxylation sites is 1. The van der Waals surface area contributed by atoms with Gasteiger partial charge in [-0.15, -0.1) is 0 Å². The summed E-state index contributed by atoms with van der Waals surface area (Å²) >= 11 is 5.95. The molecule has 0 saturated heterocycles. The van der Waals surface area contributed by atoms with Gasteiger partial charge >= 0.3 is 5.97 Å². The van der Waals surface area contributed by atoms with Gasteiger partial charge in [0.25, 0.3) is 0 Å². The predicted octanol–water partition coefficient (Wildman–Crippen LogP) is 5.81. The van der Waals surface area contributed by atoms with Gasteiger partial charge in [0.15, 0.2) is 5.78 Å². The lowest BCUT2D eigenvalue weighted by molar-refractivity contribution is -0.131. The maximum absolute atomic E-state index is 13.2. The number of hydrogen-bond acceptors (Lipinski definition) is 2. The molecule has 4 rings (SSSR count). The van der Waals surface area contributed by atoms with Crippen molar-refractivity contribution in [3.8, 4) is 5.69 Å². The van der Waals surface area contributed by atoms with E-state index in [1.54, 1.807) is 12.1 Å². The zero-order chi connectivity index (χ0) is 21.1. The lowest BCUT2D eigenvalue weighted by atomic mass is 10.0. The third kappa shape index (κ3) is 4.19. The molecule has 0 spiro atoms. The van der Waals surface area contributed by atoms with Gasteiger partial charge in [-0.3, -0.25) is 4.79 Å². The normalized spacial score (nSPS) is 11.2. The number of ketones is 1.